The molecule has 0 fully saturated rings. The zero-order valence-corrected chi connectivity index (χ0v) is 12.5. The summed E-state index contributed by atoms with van der Waals surface area (Å²) in [6.07, 6.45) is 1.46. The molecule has 1 N–H and O–H groups in total. The topological polar surface area (TPSA) is 98.3 Å². The molecule has 1 aromatic carbocycles. The average Bonchev–Trinajstić information content (AvgIpc) is 3.00. The summed E-state index contributed by atoms with van der Waals surface area (Å²) in [7, 11) is 1.74. The highest BCUT2D eigenvalue weighted by atomic mass is 32.1. The van der Waals surface area contributed by atoms with E-state index in [-0.39, 0.29) is 10.6 Å². The van der Waals surface area contributed by atoms with Crippen LogP contribution in [0.1, 0.15) is 15.4 Å². The lowest BCUT2D eigenvalue weighted by Crippen LogP contribution is -1.94. The number of nitrogens with zero attached hydrogens (tertiary/aromatic N) is 3. The SMILES string of the molecule is Cc1nc(-c2ccc3c(c2)c([N+](=O)[O-])cn3C)sc1C(=O)O. The van der Waals surface area contributed by atoms with Crippen molar-refractivity contribution in [3.05, 3.63) is 45.1 Å². The predicted octanol–water partition coefficient (Wildman–Crippen LogP) is 3.22. The zero-order chi connectivity index (χ0) is 16.0. The largest absolute Gasteiger partial charge is 0.477 e. The molecule has 7 nitrogen and oxygen atoms in total. The molecule has 0 aliphatic carbocycles. The number of benzene rings is 1. The van der Waals surface area contributed by atoms with Crippen LogP contribution in [-0.4, -0.2) is 25.6 Å². The van der Waals surface area contributed by atoms with Gasteiger partial charge in [-0.05, 0) is 25.1 Å². The van der Waals surface area contributed by atoms with E-state index in [2.05, 4.69) is 4.98 Å². The van der Waals surface area contributed by atoms with Crippen LogP contribution in [0.15, 0.2) is 24.4 Å². The molecular weight excluding hydrogens is 306 g/mol. The van der Waals surface area contributed by atoms with E-state index in [1.165, 1.54) is 6.20 Å². The molecule has 0 amide bonds. The lowest BCUT2D eigenvalue weighted by molar-refractivity contribution is -0.383. The maximum absolute atomic E-state index is 11.1. The molecule has 8 heteroatoms. The summed E-state index contributed by atoms with van der Waals surface area (Å²) in [6, 6.07) is 5.24. The van der Waals surface area contributed by atoms with Crippen LogP contribution in [0, 0.1) is 17.0 Å². The van der Waals surface area contributed by atoms with Gasteiger partial charge in [-0.3, -0.25) is 10.1 Å². The maximum Gasteiger partial charge on any atom is 0.347 e. The van der Waals surface area contributed by atoms with Crippen LogP contribution in [0.4, 0.5) is 5.69 Å². The van der Waals surface area contributed by atoms with Gasteiger partial charge >= 0.3 is 5.97 Å². The molecule has 3 rings (SSSR count). The molecule has 0 saturated heterocycles. The number of fused-ring (bicyclic) bond motifs is 1. The molecule has 0 aliphatic rings. The Labute approximate surface area is 128 Å². The summed E-state index contributed by atoms with van der Waals surface area (Å²) < 4.78 is 1.69. The molecular formula is C14H11N3O4S. The summed E-state index contributed by atoms with van der Waals surface area (Å²) in [4.78, 5) is 26.2. The lowest BCUT2D eigenvalue weighted by Gasteiger charge is -1.98. The molecule has 22 heavy (non-hydrogen) atoms. The fourth-order valence-corrected chi connectivity index (χ4v) is 3.27. The molecule has 0 saturated carbocycles. The Kier molecular flexibility index (Phi) is 3.18. The maximum atomic E-state index is 11.1. The van der Waals surface area contributed by atoms with Crippen molar-refractivity contribution in [1.29, 1.82) is 0 Å². The Morgan fingerprint density at radius 2 is 2.18 bits per heavy atom. The lowest BCUT2D eigenvalue weighted by atomic mass is 10.1. The van der Waals surface area contributed by atoms with Gasteiger partial charge in [0.25, 0.3) is 5.69 Å². The van der Waals surface area contributed by atoms with Crippen LogP contribution in [0.25, 0.3) is 21.5 Å². The molecule has 0 unspecified atom stereocenters. The van der Waals surface area contributed by atoms with Gasteiger partial charge in [0.05, 0.1) is 27.7 Å². The molecule has 0 aliphatic heterocycles. The van der Waals surface area contributed by atoms with Crippen LogP contribution in [0.2, 0.25) is 0 Å². The Morgan fingerprint density at radius 3 is 2.77 bits per heavy atom. The van der Waals surface area contributed by atoms with Gasteiger partial charge in [-0.15, -0.1) is 11.3 Å². The van der Waals surface area contributed by atoms with Crippen LogP contribution >= 0.6 is 11.3 Å². The minimum Gasteiger partial charge on any atom is -0.477 e. The van der Waals surface area contributed by atoms with Crippen molar-refractivity contribution in [1.82, 2.24) is 9.55 Å². The van der Waals surface area contributed by atoms with Gasteiger partial charge in [0.1, 0.15) is 9.88 Å². The average molecular weight is 317 g/mol. The Morgan fingerprint density at radius 1 is 1.45 bits per heavy atom. The fourth-order valence-electron chi connectivity index (χ4n) is 2.37. The third-order valence-electron chi connectivity index (χ3n) is 3.40. The van der Waals surface area contributed by atoms with E-state index in [0.29, 0.717) is 21.7 Å². The summed E-state index contributed by atoms with van der Waals surface area (Å²) in [5.41, 5.74) is 1.87. The number of nitro groups is 1. The van der Waals surface area contributed by atoms with Crippen LogP contribution in [0.3, 0.4) is 0 Å². The number of hydrogen-bond acceptors (Lipinski definition) is 5. The van der Waals surface area contributed by atoms with E-state index in [0.717, 1.165) is 16.9 Å². The van der Waals surface area contributed by atoms with Crippen molar-refractivity contribution in [3.8, 4) is 10.6 Å². The number of aryl methyl sites for hydroxylation is 2. The third-order valence-corrected chi connectivity index (χ3v) is 4.60. The van der Waals surface area contributed by atoms with Gasteiger partial charge < -0.3 is 9.67 Å². The van der Waals surface area contributed by atoms with E-state index in [1.54, 1.807) is 36.7 Å². The summed E-state index contributed by atoms with van der Waals surface area (Å²) in [5.74, 6) is -1.02. The highest BCUT2D eigenvalue weighted by Gasteiger charge is 2.19. The summed E-state index contributed by atoms with van der Waals surface area (Å²) >= 11 is 1.06. The van der Waals surface area contributed by atoms with E-state index in [9.17, 15) is 14.9 Å². The standard InChI is InChI=1S/C14H11N3O4S/c1-7-12(14(18)19)22-13(15-7)8-3-4-10-9(5-8)11(17(20)21)6-16(10)2/h3-6H,1-2H3,(H,18,19). The Bertz CT molecular complexity index is 926. The summed E-state index contributed by atoms with van der Waals surface area (Å²) in [5, 5.41) is 21.3. The van der Waals surface area contributed by atoms with Gasteiger partial charge in [0.2, 0.25) is 0 Å². The first-order valence-electron chi connectivity index (χ1n) is 6.33. The fraction of sp³-hybridized carbons (Fsp3) is 0.143. The van der Waals surface area contributed by atoms with Crippen molar-refractivity contribution < 1.29 is 14.8 Å². The van der Waals surface area contributed by atoms with Crippen molar-refractivity contribution >= 4 is 33.9 Å². The number of aromatic nitrogens is 2. The minimum absolute atomic E-state index is 0.0195. The third kappa shape index (κ3) is 2.13. The van der Waals surface area contributed by atoms with E-state index in [4.69, 9.17) is 5.11 Å². The number of carbonyl (C=O) groups is 1. The Hall–Kier alpha value is -2.74. The van der Waals surface area contributed by atoms with Crippen molar-refractivity contribution in [2.24, 2.45) is 7.05 Å². The van der Waals surface area contributed by atoms with E-state index in [1.807, 2.05) is 0 Å². The molecule has 0 atom stereocenters. The molecule has 0 bridgehead atoms. The molecule has 2 aromatic heterocycles. The van der Waals surface area contributed by atoms with Crippen LogP contribution in [-0.2, 0) is 7.05 Å². The monoisotopic (exact) mass is 317 g/mol. The second kappa shape index (κ2) is 4.92. The molecule has 2 heterocycles. The van der Waals surface area contributed by atoms with Gasteiger partial charge in [0.15, 0.2) is 0 Å². The molecule has 3 aromatic rings. The number of aromatic carboxylic acids is 1. The molecule has 0 radical (unpaired) electrons. The first-order chi connectivity index (χ1) is 10.4. The van der Waals surface area contributed by atoms with Gasteiger partial charge in [-0.2, -0.15) is 0 Å². The van der Waals surface area contributed by atoms with Crippen LogP contribution < -0.4 is 0 Å². The van der Waals surface area contributed by atoms with Crippen molar-refractivity contribution in [3.63, 3.8) is 0 Å². The summed E-state index contributed by atoms with van der Waals surface area (Å²) in [6.45, 7) is 1.63. The van der Waals surface area contributed by atoms with Crippen molar-refractivity contribution in [2.75, 3.05) is 0 Å². The molecule has 112 valence electrons. The number of hydrogen-bond donors (Lipinski definition) is 1. The first-order valence-corrected chi connectivity index (χ1v) is 7.14. The molecule has 0 spiro atoms. The Balaban J connectivity index is 2.20. The number of carboxylic acids is 1. The number of rotatable bonds is 3. The zero-order valence-electron chi connectivity index (χ0n) is 11.7. The van der Waals surface area contributed by atoms with Gasteiger partial charge in [0, 0.05) is 12.6 Å². The van der Waals surface area contributed by atoms with Gasteiger partial charge in [-0.25, -0.2) is 9.78 Å². The second-order valence-corrected chi connectivity index (χ2v) is 5.85. The normalized spacial score (nSPS) is 11.0. The number of thiazole rings is 1. The van der Waals surface area contributed by atoms with E-state index < -0.39 is 10.9 Å². The highest BCUT2D eigenvalue weighted by Crippen LogP contribution is 2.34. The second-order valence-electron chi connectivity index (χ2n) is 4.85. The van der Waals surface area contributed by atoms with Crippen molar-refractivity contribution in [2.45, 2.75) is 6.92 Å². The van der Waals surface area contributed by atoms with Crippen LogP contribution in [0.5, 0.6) is 0 Å². The smallest absolute Gasteiger partial charge is 0.347 e. The highest BCUT2D eigenvalue weighted by molar-refractivity contribution is 7.17. The predicted molar refractivity (Wildman–Crippen MR) is 82.4 cm³/mol. The quantitative estimate of drug-likeness (QED) is 0.590. The van der Waals surface area contributed by atoms with E-state index >= 15 is 0 Å². The first kappa shape index (κ1) is 14.2. The minimum atomic E-state index is -1.02. The van der Waals surface area contributed by atoms with Gasteiger partial charge in [-0.1, -0.05) is 0 Å². The number of carboxylic acid groups (broad SMARTS) is 1.